The Morgan fingerprint density at radius 3 is 2.58 bits per heavy atom. The lowest BCUT2D eigenvalue weighted by Crippen LogP contribution is -1.87. The first kappa shape index (κ1) is 12.5. The molecule has 0 saturated heterocycles. The van der Waals surface area contributed by atoms with Crippen molar-refractivity contribution in [3.8, 4) is 22.4 Å². The van der Waals surface area contributed by atoms with Crippen molar-refractivity contribution in [2.24, 2.45) is 0 Å². The Hall–Kier alpha value is -1.56. The quantitative estimate of drug-likeness (QED) is 0.764. The van der Waals surface area contributed by atoms with E-state index in [1.54, 1.807) is 18.5 Å². The van der Waals surface area contributed by atoms with Crippen molar-refractivity contribution in [3.63, 3.8) is 0 Å². The molecule has 0 saturated carbocycles. The second-order valence-electron chi connectivity index (χ2n) is 3.74. The molecule has 0 aliphatic heterocycles. The van der Waals surface area contributed by atoms with Gasteiger partial charge in [0.2, 0.25) is 5.88 Å². The van der Waals surface area contributed by atoms with Gasteiger partial charge in [-0.15, -0.1) is 11.3 Å². The minimum Gasteiger partial charge on any atom is -0.367 e. The first-order valence-electron chi connectivity index (χ1n) is 5.27. The highest BCUT2D eigenvalue weighted by molar-refractivity contribution is 7.20. The van der Waals surface area contributed by atoms with Gasteiger partial charge in [-0.3, -0.25) is 4.98 Å². The highest BCUT2D eigenvalue weighted by atomic mass is 35.5. The zero-order valence-electron chi connectivity index (χ0n) is 9.43. The first-order valence-corrected chi connectivity index (χ1v) is 6.85. The summed E-state index contributed by atoms with van der Waals surface area (Å²) in [6.45, 7) is 0. The number of thiophene rings is 1. The zero-order valence-corrected chi connectivity index (χ0v) is 11.8. The molecule has 0 fully saturated rings. The number of hydrogen-bond acceptors (Lipinski definition) is 5. The van der Waals surface area contributed by atoms with E-state index in [0.29, 0.717) is 25.5 Å². The van der Waals surface area contributed by atoms with E-state index in [9.17, 15) is 0 Å². The highest BCUT2D eigenvalue weighted by Crippen LogP contribution is 2.43. The summed E-state index contributed by atoms with van der Waals surface area (Å²) < 4.78 is 6.21. The number of nitrogen functional groups attached to an aromatic ring is 1. The van der Waals surface area contributed by atoms with Crippen LogP contribution in [0.3, 0.4) is 0 Å². The SMILES string of the molecule is Nc1onc(-c2cc(Cl)sc2Cl)c1-c1ccncc1. The van der Waals surface area contributed by atoms with Crippen molar-refractivity contribution in [1.29, 1.82) is 0 Å². The van der Waals surface area contributed by atoms with Crippen LogP contribution >= 0.6 is 34.5 Å². The predicted octanol–water partition coefficient (Wildman–Crippen LogP) is 4.35. The molecule has 0 spiro atoms. The second-order valence-corrected chi connectivity index (χ2v) is 6.03. The molecule has 0 atom stereocenters. The van der Waals surface area contributed by atoms with Crippen LogP contribution in [-0.2, 0) is 0 Å². The lowest BCUT2D eigenvalue weighted by molar-refractivity contribution is 0.439. The molecule has 96 valence electrons. The van der Waals surface area contributed by atoms with Gasteiger partial charge >= 0.3 is 0 Å². The van der Waals surface area contributed by atoms with Gasteiger partial charge in [0, 0.05) is 18.0 Å². The highest BCUT2D eigenvalue weighted by Gasteiger charge is 2.21. The lowest BCUT2D eigenvalue weighted by atomic mass is 10.0. The largest absolute Gasteiger partial charge is 0.367 e. The van der Waals surface area contributed by atoms with Crippen molar-refractivity contribution in [1.82, 2.24) is 10.1 Å². The standard InChI is InChI=1S/C12H7Cl2N3OS/c13-8-5-7(11(14)19-8)10-9(12(15)18-17-10)6-1-3-16-4-2-6/h1-5H,15H2. The first-order chi connectivity index (χ1) is 9.16. The molecule has 3 heterocycles. The van der Waals surface area contributed by atoms with Crippen LogP contribution in [0.15, 0.2) is 35.1 Å². The van der Waals surface area contributed by atoms with Crippen LogP contribution in [0.2, 0.25) is 8.67 Å². The Morgan fingerprint density at radius 1 is 1.21 bits per heavy atom. The fourth-order valence-electron chi connectivity index (χ4n) is 1.79. The maximum absolute atomic E-state index is 6.15. The summed E-state index contributed by atoms with van der Waals surface area (Å²) in [5.74, 6) is 0.236. The van der Waals surface area contributed by atoms with E-state index >= 15 is 0 Å². The molecular formula is C12H7Cl2N3OS. The van der Waals surface area contributed by atoms with Crippen LogP contribution in [0, 0.1) is 0 Å². The summed E-state index contributed by atoms with van der Waals surface area (Å²) in [6, 6.07) is 5.40. The summed E-state index contributed by atoms with van der Waals surface area (Å²) >= 11 is 13.4. The number of hydrogen-bond donors (Lipinski definition) is 1. The summed E-state index contributed by atoms with van der Waals surface area (Å²) in [6.07, 6.45) is 3.35. The normalized spacial score (nSPS) is 10.8. The molecule has 0 aliphatic rings. The van der Waals surface area contributed by atoms with Crippen LogP contribution in [0.1, 0.15) is 0 Å². The van der Waals surface area contributed by atoms with Gasteiger partial charge in [0.25, 0.3) is 0 Å². The van der Waals surface area contributed by atoms with E-state index in [1.165, 1.54) is 11.3 Å². The van der Waals surface area contributed by atoms with Crippen molar-refractivity contribution < 1.29 is 4.52 Å². The molecule has 3 aromatic heterocycles. The molecule has 0 radical (unpaired) electrons. The van der Waals surface area contributed by atoms with E-state index < -0.39 is 0 Å². The fraction of sp³-hybridized carbons (Fsp3) is 0. The summed E-state index contributed by atoms with van der Waals surface area (Å²) in [4.78, 5) is 3.97. The Morgan fingerprint density at radius 2 is 1.95 bits per heavy atom. The topological polar surface area (TPSA) is 64.9 Å². The molecule has 2 N–H and O–H groups in total. The third kappa shape index (κ3) is 2.20. The van der Waals surface area contributed by atoms with Crippen molar-refractivity contribution in [3.05, 3.63) is 39.3 Å². The molecule has 0 aromatic carbocycles. The van der Waals surface area contributed by atoms with Gasteiger partial charge in [-0.2, -0.15) is 0 Å². The van der Waals surface area contributed by atoms with Gasteiger partial charge < -0.3 is 10.3 Å². The Labute approximate surface area is 122 Å². The lowest BCUT2D eigenvalue weighted by Gasteiger charge is -2.00. The summed E-state index contributed by atoms with van der Waals surface area (Å²) in [5, 5.41) is 3.98. The zero-order chi connectivity index (χ0) is 13.4. The molecule has 0 unspecified atom stereocenters. The third-order valence-electron chi connectivity index (χ3n) is 2.60. The van der Waals surface area contributed by atoms with E-state index in [1.807, 2.05) is 12.1 Å². The van der Waals surface area contributed by atoms with Gasteiger partial charge in [0.05, 0.1) is 9.90 Å². The molecule has 4 nitrogen and oxygen atoms in total. The average molecular weight is 312 g/mol. The number of halogens is 2. The van der Waals surface area contributed by atoms with Crippen molar-refractivity contribution >= 4 is 40.4 Å². The maximum atomic E-state index is 6.15. The Bertz CT molecular complexity index is 724. The number of rotatable bonds is 2. The fourth-order valence-corrected chi connectivity index (χ4v) is 3.25. The van der Waals surface area contributed by atoms with Gasteiger partial charge in [0.1, 0.15) is 10.0 Å². The van der Waals surface area contributed by atoms with Gasteiger partial charge in [-0.05, 0) is 23.8 Å². The van der Waals surface area contributed by atoms with Crippen LogP contribution in [-0.4, -0.2) is 10.1 Å². The van der Waals surface area contributed by atoms with Crippen LogP contribution in [0.5, 0.6) is 0 Å². The Balaban J connectivity index is 2.22. The molecule has 3 aromatic rings. The van der Waals surface area contributed by atoms with Gasteiger partial charge in [-0.1, -0.05) is 28.4 Å². The minimum atomic E-state index is 0.236. The number of pyridine rings is 1. The van der Waals surface area contributed by atoms with E-state index in [0.717, 1.165) is 5.56 Å². The molecule has 0 aliphatic carbocycles. The predicted molar refractivity (Wildman–Crippen MR) is 77.5 cm³/mol. The third-order valence-corrected chi connectivity index (χ3v) is 4.09. The maximum Gasteiger partial charge on any atom is 0.230 e. The monoisotopic (exact) mass is 311 g/mol. The molecule has 3 rings (SSSR count). The van der Waals surface area contributed by atoms with Gasteiger partial charge in [0.15, 0.2) is 0 Å². The van der Waals surface area contributed by atoms with E-state index in [2.05, 4.69) is 10.1 Å². The Kier molecular flexibility index (Phi) is 3.18. The smallest absolute Gasteiger partial charge is 0.230 e. The van der Waals surface area contributed by atoms with Crippen molar-refractivity contribution in [2.45, 2.75) is 0 Å². The number of nitrogens with two attached hydrogens (primary N) is 1. The van der Waals surface area contributed by atoms with E-state index in [4.69, 9.17) is 33.5 Å². The number of aromatic nitrogens is 2. The summed E-state index contributed by atoms with van der Waals surface area (Å²) in [5.41, 5.74) is 8.69. The van der Waals surface area contributed by atoms with Crippen molar-refractivity contribution in [2.75, 3.05) is 5.73 Å². The van der Waals surface area contributed by atoms with Crippen LogP contribution in [0.25, 0.3) is 22.4 Å². The molecular weight excluding hydrogens is 305 g/mol. The molecule has 7 heteroatoms. The minimum absolute atomic E-state index is 0.236. The molecule has 19 heavy (non-hydrogen) atoms. The van der Waals surface area contributed by atoms with Crippen LogP contribution < -0.4 is 5.73 Å². The number of nitrogens with zero attached hydrogens (tertiary/aromatic N) is 2. The second kappa shape index (κ2) is 4.85. The molecule has 0 amide bonds. The number of anilines is 1. The van der Waals surface area contributed by atoms with Crippen LogP contribution in [0.4, 0.5) is 5.88 Å². The molecule has 0 bridgehead atoms. The summed E-state index contributed by atoms with van der Waals surface area (Å²) in [7, 11) is 0. The average Bonchev–Trinajstić information content (AvgIpc) is 2.93. The van der Waals surface area contributed by atoms with Gasteiger partial charge in [-0.25, -0.2) is 0 Å². The van der Waals surface area contributed by atoms with E-state index in [-0.39, 0.29) is 5.88 Å².